The van der Waals surface area contributed by atoms with Gasteiger partial charge < -0.3 is 20.3 Å². The zero-order chi connectivity index (χ0) is 39.6. The first-order valence-corrected chi connectivity index (χ1v) is 23.2. The molecule has 0 aromatic heterocycles. The largest absolute Gasteiger partial charge is 0.462 e. The lowest BCUT2D eigenvalue weighted by atomic mass is 10.0. The molecule has 0 aromatic rings. The van der Waals surface area contributed by atoms with Crippen molar-refractivity contribution >= 4 is 11.9 Å². The molecule has 0 rings (SSSR count). The van der Waals surface area contributed by atoms with Gasteiger partial charge in [0.05, 0.1) is 25.2 Å². The number of allylic oxidation sites excluding steroid dienone is 6. The summed E-state index contributed by atoms with van der Waals surface area (Å²) in [5, 5.41) is 23.5. The summed E-state index contributed by atoms with van der Waals surface area (Å²) in [6.45, 7) is 6.41. The highest BCUT2D eigenvalue weighted by Crippen LogP contribution is 2.17. The Balaban J connectivity index is 4.59. The van der Waals surface area contributed by atoms with E-state index in [1.807, 2.05) is 0 Å². The minimum atomic E-state index is -0.791. The van der Waals surface area contributed by atoms with Crippen molar-refractivity contribution in [1.82, 2.24) is 5.32 Å². The average Bonchev–Trinajstić information content (AvgIpc) is 3.16. The van der Waals surface area contributed by atoms with E-state index < -0.39 is 18.2 Å². The van der Waals surface area contributed by atoms with Crippen molar-refractivity contribution in [2.75, 3.05) is 6.61 Å². The smallest absolute Gasteiger partial charge is 0.306 e. The molecule has 6 heteroatoms. The number of amides is 1. The Labute approximate surface area is 334 Å². The molecule has 0 aliphatic carbocycles. The molecule has 0 aliphatic rings. The van der Waals surface area contributed by atoms with E-state index in [2.05, 4.69) is 62.5 Å². The van der Waals surface area contributed by atoms with Crippen molar-refractivity contribution in [1.29, 1.82) is 0 Å². The first-order chi connectivity index (χ1) is 26.5. The summed E-state index contributed by atoms with van der Waals surface area (Å²) in [6, 6.07) is -0.707. The molecular weight excluding hydrogens is 671 g/mol. The van der Waals surface area contributed by atoms with Crippen molar-refractivity contribution in [2.24, 2.45) is 0 Å². The molecule has 0 fully saturated rings. The fraction of sp³-hybridized carbons (Fsp3) is 0.833. The topological polar surface area (TPSA) is 95.9 Å². The highest BCUT2D eigenvalue weighted by molar-refractivity contribution is 5.77. The Bertz CT molecular complexity index is 900. The molecular formula is C48H89NO5. The van der Waals surface area contributed by atoms with E-state index in [9.17, 15) is 19.8 Å². The van der Waals surface area contributed by atoms with Crippen LogP contribution in [-0.2, 0) is 14.3 Å². The van der Waals surface area contributed by atoms with Gasteiger partial charge in [-0.1, -0.05) is 179 Å². The minimum absolute atomic E-state index is 0.0571. The lowest BCUT2D eigenvalue weighted by molar-refractivity contribution is -0.151. The van der Waals surface area contributed by atoms with Gasteiger partial charge in [0.15, 0.2) is 0 Å². The number of nitrogens with one attached hydrogen (secondary N) is 1. The number of aliphatic hydroxyl groups is 2. The lowest BCUT2D eigenvalue weighted by Gasteiger charge is -2.24. The molecule has 316 valence electrons. The molecule has 0 aliphatic heterocycles. The fourth-order valence-corrected chi connectivity index (χ4v) is 6.88. The van der Waals surface area contributed by atoms with E-state index in [4.69, 9.17) is 4.74 Å². The van der Waals surface area contributed by atoms with E-state index in [0.29, 0.717) is 19.3 Å². The summed E-state index contributed by atoms with van der Waals surface area (Å²) in [5.74, 6) is -0.521. The molecule has 0 aromatic carbocycles. The predicted octanol–water partition coefficient (Wildman–Crippen LogP) is 13.3. The molecule has 0 spiro atoms. The number of aliphatic hydroxyl groups excluding tert-OH is 2. The minimum Gasteiger partial charge on any atom is -0.462 e. The van der Waals surface area contributed by atoms with Gasteiger partial charge in [-0.2, -0.15) is 0 Å². The number of hydrogen-bond donors (Lipinski definition) is 3. The molecule has 0 saturated heterocycles. The van der Waals surface area contributed by atoms with Crippen LogP contribution in [0.1, 0.15) is 233 Å². The normalized spacial score (nSPS) is 13.6. The van der Waals surface area contributed by atoms with Crippen LogP contribution in [0.3, 0.4) is 0 Å². The molecule has 0 saturated carbocycles. The maximum Gasteiger partial charge on any atom is 0.306 e. The van der Waals surface area contributed by atoms with E-state index in [-0.39, 0.29) is 24.9 Å². The van der Waals surface area contributed by atoms with Crippen molar-refractivity contribution < 1.29 is 24.5 Å². The van der Waals surface area contributed by atoms with Crippen LogP contribution in [0.25, 0.3) is 0 Å². The van der Waals surface area contributed by atoms with Gasteiger partial charge in [-0.3, -0.25) is 9.59 Å². The summed E-state index contributed by atoms with van der Waals surface area (Å²) in [5.41, 5.74) is 0. The highest BCUT2D eigenvalue weighted by atomic mass is 16.5. The summed E-state index contributed by atoms with van der Waals surface area (Å²) in [6.07, 6.45) is 47.8. The Morgan fingerprint density at radius 2 is 0.944 bits per heavy atom. The molecule has 3 N–H and O–H groups in total. The quantitative estimate of drug-likeness (QED) is 0.0250. The molecule has 54 heavy (non-hydrogen) atoms. The Kier molecular flexibility index (Phi) is 40.7. The fourth-order valence-electron chi connectivity index (χ4n) is 6.88. The van der Waals surface area contributed by atoms with Gasteiger partial charge in [0.25, 0.3) is 0 Å². The Morgan fingerprint density at radius 1 is 0.537 bits per heavy atom. The zero-order valence-corrected chi connectivity index (χ0v) is 35.9. The SMILES string of the molecule is CCCCC/C=C\CCCCCC(CC(=O)NC(CO)C(O)CCCCCCCCCCC)OC(=O)CCCCC/C=C/C=C/CCCCCCCCC. The molecule has 6 nitrogen and oxygen atoms in total. The van der Waals surface area contributed by atoms with Gasteiger partial charge in [0.2, 0.25) is 5.91 Å². The molecule has 0 radical (unpaired) electrons. The third-order valence-corrected chi connectivity index (χ3v) is 10.5. The number of carbonyl (C=O) groups excluding carboxylic acids is 2. The second kappa shape index (κ2) is 42.2. The summed E-state index contributed by atoms with van der Waals surface area (Å²) < 4.78 is 5.88. The van der Waals surface area contributed by atoms with Crippen LogP contribution in [0.4, 0.5) is 0 Å². The number of carbonyl (C=O) groups is 2. The number of hydrogen-bond acceptors (Lipinski definition) is 5. The Hall–Kier alpha value is -1.92. The standard InChI is InChI=1S/C48H89NO5/c1-4-7-10-13-16-19-21-22-23-24-25-26-29-32-35-38-41-48(53)54-44(39-36-33-30-28-20-17-14-11-8-5-2)42-47(52)49-45(43-50)46(51)40-37-34-31-27-18-15-12-9-6-3/h17,20,23-26,44-46,50-51H,4-16,18-19,21-22,27-43H2,1-3H3,(H,49,52)/b20-17-,24-23+,26-25+. The second-order valence-corrected chi connectivity index (χ2v) is 15.8. The predicted molar refractivity (Wildman–Crippen MR) is 232 cm³/mol. The van der Waals surface area contributed by atoms with Gasteiger partial charge in [0.1, 0.15) is 6.10 Å². The number of rotatable bonds is 41. The number of unbranched alkanes of at least 4 members (excludes halogenated alkanes) is 24. The Morgan fingerprint density at radius 3 is 1.48 bits per heavy atom. The van der Waals surface area contributed by atoms with Crippen LogP contribution in [-0.4, -0.2) is 46.9 Å². The average molecular weight is 760 g/mol. The highest BCUT2D eigenvalue weighted by Gasteiger charge is 2.24. The van der Waals surface area contributed by atoms with Gasteiger partial charge in [-0.05, 0) is 77.0 Å². The van der Waals surface area contributed by atoms with E-state index >= 15 is 0 Å². The van der Waals surface area contributed by atoms with Crippen LogP contribution in [0, 0.1) is 0 Å². The molecule has 0 bridgehead atoms. The van der Waals surface area contributed by atoms with E-state index in [0.717, 1.165) is 83.5 Å². The van der Waals surface area contributed by atoms with Crippen LogP contribution in [0.15, 0.2) is 36.5 Å². The van der Waals surface area contributed by atoms with Crippen molar-refractivity contribution in [2.45, 2.75) is 251 Å². The first kappa shape index (κ1) is 52.1. The van der Waals surface area contributed by atoms with Gasteiger partial charge in [-0.25, -0.2) is 0 Å². The maximum absolute atomic E-state index is 13.1. The second-order valence-electron chi connectivity index (χ2n) is 15.8. The van der Waals surface area contributed by atoms with E-state index in [1.165, 1.54) is 103 Å². The summed E-state index contributed by atoms with van der Waals surface area (Å²) >= 11 is 0. The van der Waals surface area contributed by atoms with Gasteiger partial charge in [0, 0.05) is 6.42 Å². The lowest BCUT2D eigenvalue weighted by Crippen LogP contribution is -2.46. The van der Waals surface area contributed by atoms with Crippen LogP contribution in [0.2, 0.25) is 0 Å². The van der Waals surface area contributed by atoms with Gasteiger partial charge in [-0.15, -0.1) is 0 Å². The monoisotopic (exact) mass is 760 g/mol. The maximum atomic E-state index is 13.1. The van der Waals surface area contributed by atoms with Crippen LogP contribution >= 0.6 is 0 Å². The third kappa shape index (κ3) is 37.0. The molecule has 1 amide bonds. The molecule has 0 heterocycles. The van der Waals surface area contributed by atoms with E-state index in [1.54, 1.807) is 0 Å². The van der Waals surface area contributed by atoms with Crippen molar-refractivity contribution in [3.05, 3.63) is 36.5 Å². The zero-order valence-electron chi connectivity index (χ0n) is 35.9. The summed E-state index contributed by atoms with van der Waals surface area (Å²) in [4.78, 5) is 25.9. The number of ether oxygens (including phenoxy) is 1. The van der Waals surface area contributed by atoms with Crippen LogP contribution < -0.4 is 5.32 Å². The van der Waals surface area contributed by atoms with Gasteiger partial charge >= 0.3 is 5.97 Å². The van der Waals surface area contributed by atoms with Crippen LogP contribution in [0.5, 0.6) is 0 Å². The third-order valence-electron chi connectivity index (χ3n) is 10.5. The summed E-state index contributed by atoms with van der Waals surface area (Å²) in [7, 11) is 0. The molecule has 3 unspecified atom stereocenters. The number of esters is 1. The van der Waals surface area contributed by atoms with Crippen molar-refractivity contribution in [3.8, 4) is 0 Å². The van der Waals surface area contributed by atoms with Crippen molar-refractivity contribution in [3.63, 3.8) is 0 Å². The first-order valence-electron chi connectivity index (χ1n) is 23.2. The molecule has 3 atom stereocenters.